The van der Waals surface area contributed by atoms with Crippen LogP contribution in [0.25, 0.3) is 0 Å². The molecule has 1 unspecified atom stereocenters. The van der Waals surface area contributed by atoms with Gasteiger partial charge >= 0.3 is 0 Å². The van der Waals surface area contributed by atoms with E-state index in [0.29, 0.717) is 0 Å². The predicted octanol–water partition coefficient (Wildman–Crippen LogP) is 3.03. The lowest BCUT2D eigenvalue weighted by Gasteiger charge is -2.66. The summed E-state index contributed by atoms with van der Waals surface area (Å²) in [5.74, 6) is 2.05. The second-order valence-corrected chi connectivity index (χ2v) is 6.31. The Bertz CT molecular complexity index is 435. The largest absolute Gasteiger partial charge is 0.388 e. The first kappa shape index (κ1) is 9.93. The van der Waals surface area contributed by atoms with Crippen molar-refractivity contribution in [3.63, 3.8) is 0 Å². The lowest BCUT2D eigenvalue weighted by molar-refractivity contribution is -0.154. The highest BCUT2D eigenvalue weighted by Crippen LogP contribution is 2.69. The average Bonchev–Trinajstić information content (AvgIpc) is 2.24. The molecule has 2 bridgehead atoms. The summed E-state index contributed by atoms with van der Waals surface area (Å²) in [5.41, 5.74) is 4.94. The van der Waals surface area contributed by atoms with Gasteiger partial charge in [-0.05, 0) is 67.4 Å². The minimum atomic E-state index is 0.767. The third-order valence-corrected chi connectivity index (χ3v) is 5.55. The zero-order valence-corrected chi connectivity index (χ0v) is 10.5. The summed E-state index contributed by atoms with van der Waals surface area (Å²) >= 11 is 0. The third-order valence-electron chi connectivity index (χ3n) is 5.55. The number of hydrogen-bond donors (Lipinski definition) is 1. The Morgan fingerprint density at radius 3 is 2.82 bits per heavy atom. The van der Waals surface area contributed by atoms with Gasteiger partial charge in [0, 0.05) is 24.6 Å². The molecule has 3 saturated carbocycles. The maximum atomic E-state index is 4.56. The van der Waals surface area contributed by atoms with Crippen LogP contribution in [0.1, 0.15) is 36.9 Å². The molecule has 0 aromatic carbocycles. The SMILES string of the molecule is CNc1ccnc2c1CC(C13CC(C1)C3)CC2. The van der Waals surface area contributed by atoms with E-state index in [0.717, 1.165) is 17.3 Å². The van der Waals surface area contributed by atoms with Crippen LogP contribution in [0, 0.1) is 17.3 Å². The zero-order chi connectivity index (χ0) is 11.5. The van der Waals surface area contributed by atoms with Crippen molar-refractivity contribution in [2.24, 2.45) is 17.3 Å². The summed E-state index contributed by atoms with van der Waals surface area (Å²) < 4.78 is 0. The Kier molecular flexibility index (Phi) is 1.89. The van der Waals surface area contributed by atoms with Gasteiger partial charge in [-0.3, -0.25) is 4.98 Å². The van der Waals surface area contributed by atoms with Crippen molar-refractivity contribution in [2.45, 2.75) is 38.5 Å². The summed E-state index contributed by atoms with van der Waals surface area (Å²) in [6, 6.07) is 2.13. The molecule has 1 atom stereocenters. The Morgan fingerprint density at radius 1 is 1.35 bits per heavy atom. The highest BCUT2D eigenvalue weighted by molar-refractivity contribution is 5.53. The molecule has 0 saturated heterocycles. The predicted molar refractivity (Wildman–Crippen MR) is 69.1 cm³/mol. The highest BCUT2D eigenvalue weighted by Gasteiger charge is 2.60. The van der Waals surface area contributed by atoms with Crippen LogP contribution in [0.3, 0.4) is 0 Å². The molecule has 0 radical (unpaired) electrons. The highest BCUT2D eigenvalue weighted by atomic mass is 14.8. The average molecular weight is 228 g/mol. The normalized spacial score (nSPS) is 37.7. The molecular weight excluding hydrogens is 208 g/mol. The van der Waals surface area contributed by atoms with E-state index >= 15 is 0 Å². The molecule has 0 spiro atoms. The first-order chi connectivity index (χ1) is 8.31. The molecule has 90 valence electrons. The van der Waals surface area contributed by atoms with Gasteiger partial charge in [0.25, 0.3) is 0 Å². The number of aromatic nitrogens is 1. The first-order valence-corrected chi connectivity index (χ1v) is 6.95. The van der Waals surface area contributed by atoms with Crippen molar-refractivity contribution in [1.29, 1.82) is 0 Å². The van der Waals surface area contributed by atoms with Gasteiger partial charge in [-0.1, -0.05) is 0 Å². The van der Waals surface area contributed by atoms with Crippen LogP contribution < -0.4 is 5.32 Å². The molecular formula is C15H20N2. The number of aryl methyl sites for hydroxylation is 1. The third kappa shape index (κ3) is 1.24. The van der Waals surface area contributed by atoms with Gasteiger partial charge in [0.1, 0.15) is 0 Å². The molecule has 1 aromatic rings. The van der Waals surface area contributed by atoms with Gasteiger partial charge in [-0.15, -0.1) is 0 Å². The Balaban J connectivity index is 1.65. The molecule has 17 heavy (non-hydrogen) atoms. The molecule has 2 heteroatoms. The number of hydrogen-bond acceptors (Lipinski definition) is 2. The van der Waals surface area contributed by atoms with Crippen LogP contribution in [0.4, 0.5) is 5.69 Å². The number of nitrogens with zero attached hydrogens (tertiary/aromatic N) is 1. The van der Waals surface area contributed by atoms with Gasteiger partial charge in [0.2, 0.25) is 0 Å². The van der Waals surface area contributed by atoms with Gasteiger partial charge in [0.05, 0.1) is 0 Å². The van der Waals surface area contributed by atoms with Crippen molar-refractivity contribution in [1.82, 2.24) is 4.98 Å². The molecule has 0 aliphatic heterocycles. The van der Waals surface area contributed by atoms with E-state index in [4.69, 9.17) is 0 Å². The maximum Gasteiger partial charge on any atom is 0.0456 e. The number of anilines is 1. The van der Waals surface area contributed by atoms with Crippen LogP contribution in [-0.4, -0.2) is 12.0 Å². The van der Waals surface area contributed by atoms with Crippen LogP contribution in [0.15, 0.2) is 12.3 Å². The number of rotatable bonds is 2. The zero-order valence-electron chi connectivity index (χ0n) is 10.5. The first-order valence-electron chi connectivity index (χ1n) is 6.95. The minimum absolute atomic E-state index is 0.767. The molecule has 1 N–H and O–H groups in total. The summed E-state index contributed by atoms with van der Waals surface area (Å²) in [7, 11) is 2.03. The lowest BCUT2D eigenvalue weighted by atomic mass is 9.39. The molecule has 1 aromatic heterocycles. The van der Waals surface area contributed by atoms with Crippen LogP contribution in [-0.2, 0) is 12.8 Å². The monoisotopic (exact) mass is 228 g/mol. The van der Waals surface area contributed by atoms with Gasteiger partial charge in [-0.25, -0.2) is 0 Å². The fourth-order valence-electron chi connectivity index (χ4n) is 4.44. The maximum absolute atomic E-state index is 4.56. The van der Waals surface area contributed by atoms with Crippen LogP contribution in [0.5, 0.6) is 0 Å². The molecule has 2 nitrogen and oxygen atoms in total. The van der Waals surface area contributed by atoms with Crippen molar-refractivity contribution in [3.8, 4) is 0 Å². The summed E-state index contributed by atoms with van der Waals surface area (Å²) in [6.07, 6.45) is 10.4. The van der Waals surface area contributed by atoms with E-state index < -0.39 is 0 Å². The van der Waals surface area contributed by atoms with Crippen molar-refractivity contribution < 1.29 is 0 Å². The molecule has 3 fully saturated rings. The van der Waals surface area contributed by atoms with Gasteiger partial charge in [-0.2, -0.15) is 0 Å². The van der Waals surface area contributed by atoms with Gasteiger partial charge < -0.3 is 5.32 Å². The van der Waals surface area contributed by atoms with E-state index in [1.54, 1.807) is 0 Å². The van der Waals surface area contributed by atoms with E-state index in [2.05, 4.69) is 16.4 Å². The summed E-state index contributed by atoms with van der Waals surface area (Å²) in [6.45, 7) is 0. The number of fused-ring (bicyclic) bond motifs is 1. The molecule has 0 amide bonds. The smallest absolute Gasteiger partial charge is 0.0456 e. The number of pyridine rings is 1. The Labute approximate surface area is 103 Å². The van der Waals surface area contributed by atoms with Crippen molar-refractivity contribution in [3.05, 3.63) is 23.5 Å². The standard InChI is InChI=1S/C15H20N2/c1-16-13-4-5-17-14-3-2-11(6-12(13)14)15-7-10(8-15)9-15/h4-5,10-11H,2-3,6-9H2,1H3,(H,16,17). The quantitative estimate of drug-likeness (QED) is 0.841. The molecule has 4 aliphatic rings. The van der Waals surface area contributed by atoms with Crippen LogP contribution in [0.2, 0.25) is 0 Å². The van der Waals surface area contributed by atoms with E-state index in [9.17, 15) is 0 Å². The van der Waals surface area contributed by atoms with Crippen LogP contribution >= 0.6 is 0 Å². The minimum Gasteiger partial charge on any atom is -0.388 e. The second-order valence-electron chi connectivity index (χ2n) is 6.31. The summed E-state index contributed by atoms with van der Waals surface area (Å²) in [5, 5.41) is 3.34. The summed E-state index contributed by atoms with van der Waals surface area (Å²) in [4.78, 5) is 4.56. The fraction of sp³-hybridized carbons (Fsp3) is 0.667. The van der Waals surface area contributed by atoms with Crippen molar-refractivity contribution >= 4 is 5.69 Å². The second kappa shape index (κ2) is 3.24. The van der Waals surface area contributed by atoms with E-state index in [1.807, 2.05) is 13.2 Å². The molecule has 4 aliphatic carbocycles. The number of nitrogens with one attached hydrogen (secondary N) is 1. The van der Waals surface area contributed by atoms with Crippen molar-refractivity contribution in [2.75, 3.05) is 12.4 Å². The fourth-order valence-corrected chi connectivity index (χ4v) is 4.44. The molecule has 5 rings (SSSR count). The topological polar surface area (TPSA) is 24.9 Å². The van der Waals surface area contributed by atoms with E-state index in [-0.39, 0.29) is 0 Å². The molecule has 1 heterocycles. The van der Waals surface area contributed by atoms with E-state index in [1.165, 1.54) is 55.5 Å². The Morgan fingerprint density at radius 2 is 2.18 bits per heavy atom. The van der Waals surface area contributed by atoms with Gasteiger partial charge in [0.15, 0.2) is 0 Å². The Hall–Kier alpha value is -1.05. The lowest BCUT2D eigenvalue weighted by Crippen LogP contribution is -2.57.